The molecule has 0 bridgehead atoms. The Kier molecular flexibility index (Phi) is 5.73. The molecule has 0 unspecified atom stereocenters. The van der Waals surface area contributed by atoms with Crippen LogP contribution in [0.2, 0.25) is 0 Å². The molecule has 2 aromatic rings. The molecule has 0 atom stereocenters. The molecule has 0 aromatic heterocycles. The van der Waals surface area contributed by atoms with Gasteiger partial charge in [-0.2, -0.15) is 0 Å². The van der Waals surface area contributed by atoms with Crippen LogP contribution in [0, 0.1) is 0 Å². The average Bonchev–Trinajstić information content (AvgIpc) is 2.74. The van der Waals surface area contributed by atoms with Crippen LogP contribution in [0.25, 0.3) is 0 Å². The molecule has 2 aliphatic heterocycles. The minimum absolute atomic E-state index is 0.0617. The second kappa shape index (κ2) is 8.46. The van der Waals surface area contributed by atoms with E-state index in [-0.39, 0.29) is 31.3 Å². The molecule has 31 heavy (non-hydrogen) atoms. The van der Waals surface area contributed by atoms with E-state index in [1.54, 1.807) is 42.5 Å². The maximum Gasteiger partial charge on any atom is 0.244 e. The Morgan fingerprint density at radius 2 is 1.87 bits per heavy atom. The van der Waals surface area contributed by atoms with Crippen LogP contribution in [0.1, 0.15) is 12.8 Å². The number of benzene rings is 2. The number of hydrogen-bond acceptors (Lipinski definition) is 6. The number of para-hydroxylation sites is 2. The fraction of sp³-hybridized carbons (Fsp3) is 0.333. The summed E-state index contributed by atoms with van der Waals surface area (Å²) >= 11 is 0. The van der Waals surface area contributed by atoms with Crippen molar-refractivity contribution in [2.45, 2.75) is 12.8 Å². The van der Waals surface area contributed by atoms with Crippen molar-refractivity contribution in [1.82, 2.24) is 0 Å². The van der Waals surface area contributed by atoms with Gasteiger partial charge >= 0.3 is 0 Å². The summed E-state index contributed by atoms with van der Waals surface area (Å²) in [5.41, 5.74) is 1.67. The van der Waals surface area contributed by atoms with Crippen molar-refractivity contribution in [3.8, 4) is 11.5 Å². The average molecular weight is 445 g/mol. The maximum absolute atomic E-state index is 12.8. The van der Waals surface area contributed by atoms with Crippen LogP contribution in [-0.2, 0) is 19.6 Å². The highest BCUT2D eigenvalue weighted by atomic mass is 32.2. The molecule has 10 heteroatoms. The molecule has 4 rings (SSSR count). The highest BCUT2D eigenvalue weighted by molar-refractivity contribution is 7.92. The van der Waals surface area contributed by atoms with Gasteiger partial charge in [-0.3, -0.25) is 13.9 Å². The molecule has 0 fully saturated rings. The lowest BCUT2D eigenvalue weighted by atomic mass is 10.1. The number of rotatable bonds is 6. The van der Waals surface area contributed by atoms with E-state index in [4.69, 9.17) is 9.47 Å². The minimum atomic E-state index is -3.58. The third-order valence-electron chi connectivity index (χ3n) is 5.04. The summed E-state index contributed by atoms with van der Waals surface area (Å²) in [6.07, 6.45) is 1.51. The number of nitrogens with one attached hydrogen (secondary N) is 1. The van der Waals surface area contributed by atoms with E-state index in [0.29, 0.717) is 48.2 Å². The third kappa shape index (κ3) is 4.58. The monoisotopic (exact) mass is 445 g/mol. The Labute approximate surface area is 180 Å². The topological polar surface area (TPSA) is 105 Å². The van der Waals surface area contributed by atoms with E-state index < -0.39 is 10.0 Å². The number of sulfonamides is 1. The predicted octanol–water partition coefficient (Wildman–Crippen LogP) is 1.99. The van der Waals surface area contributed by atoms with Gasteiger partial charge in [0.1, 0.15) is 19.8 Å². The molecule has 0 aliphatic carbocycles. The summed E-state index contributed by atoms with van der Waals surface area (Å²) in [6.45, 7) is 0.899. The van der Waals surface area contributed by atoms with Crippen LogP contribution < -0.4 is 24.0 Å². The molecule has 9 nitrogen and oxygen atoms in total. The summed E-state index contributed by atoms with van der Waals surface area (Å²) in [7, 11) is -3.58. The zero-order valence-electron chi connectivity index (χ0n) is 17.0. The van der Waals surface area contributed by atoms with Gasteiger partial charge < -0.3 is 19.7 Å². The Balaban J connectivity index is 1.46. The Morgan fingerprint density at radius 1 is 1.13 bits per heavy atom. The number of carbonyl (C=O) groups excluding carboxylic acids is 2. The molecule has 2 amide bonds. The molecule has 2 aliphatic rings. The molecule has 1 N–H and O–H groups in total. The van der Waals surface area contributed by atoms with Crippen LogP contribution in [0.3, 0.4) is 0 Å². The molecule has 0 saturated carbocycles. The summed E-state index contributed by atoms with van der Waals surface area (Å²) in [5, 5.41) is 2.74. The van der Waals surface area contributed by atoms with E-state index >= 15 is 0 Å². The summed E-state index contributed by atoms with van der Waals surface area (Å²) < 4.78 is 37.1. The van der Waals surface area contributed by atoms with E-state index in [2.05, 4.69) is 5.32 Å². The molecule has 0 radical (unpaired) electrons. The third-order valence-corrected chi connectivity index (χ3v) is 6.23. The van der Waals surface area contributed by atoms with Gasteiger partial charge in [-0.25, -0.2) is 8.42 Å². The fourth-order valence-corrected chi connectivity index (χ4v) is 4.60. The standard InChI is InChI=1S/C21H23N3O6S/c1-31(27,28)24(15-8-9-18-19(13-15)30-12-11-29-18)10-4-7-21(26)23-14-20(25)22-16-5-2-3-6-17(16)23/h2-3,5-6,8-9,13H,4,7,10-12,14H2,1H3,(H,22,25). The first-order valence-corrected chi connectivity index (χ1v) is 11.7. The lowest BCUT2D eigenvalue weighted by molar-refractivity contribution is -0.121. The Morgan fingerprint density at radius 3 is 2.65 bits per heavy atom. The number of nitrogens with zero attached hydrogens (tertiary/aromatic N) is 2. The first-order valence-electron chi connectivity index (χ1n) is 9.89. The molecule has 2 heterocycles. The smallest absolute Gasteiger partial charge is 0.244 e. The van der Waals surface area contributed by atoms with Crippen molar-refractivity contribution in [3.63, 3.8) is 0 Å². The van der Waals surface area contributed by atoms with Crippen molar-refractivity contribution in [2.24, 2.45) is 0 Å². The van der Waals surface area contributed by atoms with Crippen LogP contribution in [0.15, 0.2) is 42.5 Å². The molecule has 2 aromatic carbocycles. The zero-order chi connectivity index (χ0) is 22.0. The quantitative estimate of drug-likeness (QED) is 0.729. The van der Waals surface area contributed by atoms with Crippen LogP contribution in [-0.4, -0.2) is 52.8 Å². The summed E-state index contributed by atoms with van der Waals surface area (Å²) in [4.78, 5) is 26.2. The highest BCUT2D eigenvalue weighted by Crippen LogP contribution is 2.35. The van der Waals surface area contributed by atoms with Gasteiger partial charge in [-0.1, -0.05) is 12.1 Å². The Hall–Kier alpha value is -3.27. The largest absolute Gasteiger partial charge is 0.486 e. The van der Waals surface area contributed by atoms with Gasteiger partial charge in [-0.15, -0.1) is 0 Å². The van der Waals surface area contributed by atoms with E-state index in [0.717, 1.165) is 6.26 Å². The van der Waals surface area contributed by atoms with Crippen molar-refractivity contribution < 1.29 is 27.5 Å². The first-order chi connectivity index (χ1) is 14.8. The van der Waals surface area contributed by atoms with Crippen molar-refractivity contribution >= 4 is 38.9 Å². The summed E-state index contributed by atoms with van der Waals surface area (Å²) in [6, 6.07) is 12.0. The number of hydrogen-bond donors (Lipinski definition) is 1. The number of fused-ring (bicyclic) bond motifs is 2. The van der Waals surface area contributed by atoms with Gasteiger partial charge in [0, 0.05) is 19.0 Å². The highest BCUT2D eigenvalue weighted by Gasteiger charge is 2.27. The molecule has 0 saturated heterocycles. The fourth-order valence-electron chi connectivity index (χ4n) is 3.64. The van der Waals surface area contributed by atoms with E-state index in [1.807, 2.05) is 0 Å². The number of amides is 2. The normalized spacial score (nSPS) is 15.1. The van der Waals surface area contributed by atoms with Gasteiger partial charge in [0.2, 0.25) is 21.8 Å². The minimum Gasteiger partial charge on any atom is -0.486 e. The maximum atomic E-state index is 12.8. The molecule has 164 valence electrons. The number of carbonyl (C=O) groups is 2. The SMILES string of the molecule is CS(=O)(=O)N(CCCC(=O)N1CC(=O)Nc2ccccc21)c1ccc2c(c1)OCCO2. The number of ether oxygens (including phenoxy) is 2. The first kappa shape index (κ1) is 21.0. The van der Waals surface area contributed by atoms with E-state index in [9.17, 15) is 18.0 Å². The summed E-state index contributed by atoms with van der Waals surface area (Å²) in [5.74, 6) is 0.559. The second-order valence-corrected chi connectivity index (χ2v) is 9.22. The van der Waals surface area contributed by atoms with Crippen molar-refractivity contribution in [1.29, 1.82) is 0 Å². The molecule has 0 spiro atoms. The lowest BCUT2D eigenvalue weighted by Crippen LogP contribution is -2.42. The lowest BCUT2D eigenvalue weighted by Gasteiger charge is -2.29. The van der Waals surface area contributed by atoms with Gasteiger partial charge in [0.05, 0.1) is 23.3 Å². The van der Waals surface area contributed by atoms with Crippen LogP contribution >= 0.6 is 0 Å². The Bertz CT molecular complexity index is 1120. The van der Waals surface area contributed by atoms with Gasteiger partial charge in [0.25, 0.3) is 0 Å². The van der Waals surface area contributed by atoms with Crippen LogP contribution in [0.4, 0.5) is 17.1 Å². The number of anilines is 3. The predicted molar refractivity (Wildman–Crippen MR) is 116 cm³/mol. The zero-order valence-corrected chi connectivity index (χ0v) is 17.9. The second-order valence-electron chi connectivity index (χ2n) is 7.31. The van der Waals surface area contributed by atoms with Gasteiger partial charge in [0.15, 0.2) is 11.5 Å². The molecular weight excluding hydrogens is 422 g/mol. The molecular formula is C21H23N3O6S. The van der Waals surface area contributed by atoms with Gasteiger partial charge in [-0.05, 0) is 30.7 Å². The van der Waals surface area contributed by atoms with Crippen LogP contribution in [0.5, 0.6) is 11.5 Å². The van der Waals surface area contributed by atoms with Crippen molar-refractivity contribution in [3.05, 3.63) is 42.5 Å². The van der Waals surface area contributed by atoms with Crippen molar-refractivity contribution in [2.75, 3.05) is 47.1 Å². The van der Waals surface area contributed by atoms with E-state index in [1.165, 1.54) is 9.21 Å².